The van der Waals surface area contributed by atoms with E-state index in [9.17, 15) is 13.2 Å². The van der Waals surface area contributed by atoms with Crippen LogP contribution in [0.4, 0.5) is 11.4 Å². The Kier molecular flexibility index (Phi) is 5.92. The SMILES string of the molecule is CCN1c2ccccc2-c2nc(SCC(=O)Nc3cccc(Cl)c3C)ncc2S1(=O)=O. The maximum atomic E-state index is 13.0. The normalized spacial score (nSPS) is 14.0. The van der Waals surface area contributed by atoms with Crippen molar-refractivity contribution >= 4 is 50.7 Å². The summed E-state index contributed by atoms with van der Waals surface area (Å²) in [6.07, 6.45) is 1.32. The van der Waals surface area contributed by atoms with Crippen molar-refractivity contribution in [3.63, 3.8) is 0 Å². The van der Waals surface area contributed by atoms with Crippen LogP contribution in [0.3, 0.4) is 0 Å². The standard InChI is InChI=1S/C21H19ClN4O3S2/c1-3-26-17-10-5-4-7-14(17)20-18(31(26,28)29)11-23-21(25-20)30-12-19(27)24-16-9-6-8-15(22)13(16)2/h4-11H,3,12H2,1-2H3,(H,24,27). The number of fused-ring (bicyclic) bond motifs is 3. The molecule has 0 atom stereocenters. The van der Waals surface area contributed by atoms with Gasteiger partial charge >= 0.3 is 0 Å². The minimum Gasteiger partial charge on any atom is -0.325 e. The molecule has 0 spiro atoms. The van der Waals surface area contributed by atoms with Gasteiger partial charge in [0.2, 0.25) is 5.91 Å². The monoisotopic (exact) mass is 474 g/mol. The van der Waals surface area contributed by atoms with Crippen molar-refractivity contribution in [1.82, 2.24) is 9.97 Å². The summed E-state index contributed by atoms with van der Waals surface area (Å²) in [5.74, 6) is -0.165. The number of rotatable bonds is 5. The number of aromatic nitrogens is 2. The molecule has 0 saturated carbocycles. The Balaban J connectivity index is 1.58. The molecule has 31 heavy (non-hydrogen) atoms. The van der Waals surface area contributed by atoms with E-state index in [1.54, 1.807) is 37.3 Å². The van der Waals surface area contributed by atoms with E-state index in [0.717, 1.165) is 22.9 Å². The number of hydrogen-bond donors (Lipinski definition) is 1. The van der Waals surface area contributed by atoms with Crippen LogP contribution in [0, 0.1) is 6.92 Å². The van der Waals surface area contributed by atoms with Gasteiger partial charge in [-0.1, -0.05) is 47.6 Å². The van der Waals surface area contributed by atoms with Crippen LogP contribution in [0.15, 0.2) is 58.7 Å². The number of para-hydroxylation sites is 1. The third-order valence-corrected chi connectivity index (χ3v) is 8.05. The average molecular weight is 475 g/mol. The van der Waals surface area contributed by atoms with Crippen LogP contribution in [0.25, 0.3) is 11.3 Å². The first-order valence-electron chi connectivity index (χ1n) is 9.50. The van der Waals surface area contributed by atoms with Crippen LogP contribution in [-0.2, 0) is 14.8 Å². The van der Waals surface area contributed by atoms with Crippen molar-refractivity contribution in [2.24, 2.45) is 0 Å². The number of anilines is 2. The van der Waals surface area contributed by atoms with E-state index in [0.29, 0.717) is 33.8 Å². The summed E-state index contributed by atoms with van der Waals surface area (Å²) in [6.45, 7) is 3.91. The van der Waals surface area contributed by atoms with Gasteiger partial charge in [-0.3, -0.25) is 9.10 Å². The van der Waals surface area contributed by atoms with Gasteiger partial charge in [-0.15, -0.1) is 0 Å². The van der Waals surface area contributed by atoms with Crippen LogP contribution in [0.1, 0.15) is 12.5 Å². The molecule has 0 radical (unpaired) electrons. The maximum absolute atomic E-state index is 13.0. The van der Waals surface area contributed by atoms with Gasteiger partial charge in [0.1, 0.15) is 4.90 Å². The van der Waals surface area contributed by atoms with Gasteiger partial charge < -0.3 is 5.32 Å². The number of amides is 1. The van der Waals surface area contributed by atoms with Crippen LogP contribution < -0.4 is 9.62 Å². The third kappa shape index (κ3) is 4.00. The number of halogens is 1. The van der Waals surface area contributed by atoms with Crippen molar-refractivity contribution in [3.05, 3.63) is 59.2 Å². The van der Waals surface area contributed by atoms with Crippen LogP contribution in [0.2, 0.25) is 5.02 Å². The largest absolute Gasteiger partial charge is 0.325 e. The van der Waals surface area contributed by atoms with E-state index in [-0.39, 0.29) is 16.6 Å². The lowest BCUT2D eigenvalue weighted by molar-refractivity contribution is -0.113. The van der Waals surface area contributed by atoms with Crippen LogP contribution in [-0.4, -0.2) is 36.6 Å². The van der Waals surface area contributed by atoms with Crippen molar-refractivity contribution in [2.45, 2.75) is 23.9 Å². The molecule has 0 aliphatic carbocycles. The highest BCUT2D eigenvalue weighted by Crippen LogP contribution is 2.41. The Morgan fingerprint density at radius 1 is 1.19 bits per heavy atom. The summed E-state index contributed by atoms with van der Waals surface area (Å²) in [7, 11) is -3.74. The fourth-order valence-electron chi connectivity index (χ4n) is 3.34. The zero-order chi connectivity index (χ0) is 22.2. The lowest BCUT2D eigenvalue weighted by atomic mass is 10.1. The van der Waals surface area contributed by atoms with Gasteiger partial charge in [0.15, 0.2) is 5.16 Å². The second-order valence-corrected chi connectivity index (χ2v) is 9.98. The summed E-state index contributed by atoms with van der Waals surface area (Å²) >= 11 is 7.23. The Morgan fingerprint density at radius 3 is 2.74 bits per heavy atom. The fourth-order valence-corrected chi connectivity index (χ4v) is 5.72. The van der Waals surface area contributed by atoms with Crippen LogP contribution >= 0.6 is 23.4 Å². The molecule has 1 N–H and O–H groups in total. The van der Waals surface area contributed by atoms with Gasteiger partial charge in [-0.2, -0.15) is 0 Å². The van der Waals surface area contributed by atoms with Crippen molar-refractivity contribution < 1.29 is 13.2 Å². The molecular formula is C21H19ClN4O3S2. The summed E-state index contributed by atoms with van der Waals surface area (Å²) < 4.78 is 27.4. The topological polar surface area (TPSA) is 92.3 Å². The highest BCUT2D eigenvalue weighted by atomic mass is 35.5. The molecule has 1 aliphatic heterocycles. The van der Waals surface area contributed by atoms with Gasteiger partial charge in [-0.25, -0.2) is 18.4 Å². The smallest absolute Gasteiger partial charge is 0.268 e. The van der Waals surface area contributed by atoms with Gasteiger partial charge in [0.25, 0.3) is 10.0 Å². The number of benzene rings is 2. The molecule has 2 aromatic carbocycles. The summed E-state index contributed by atoms with van der Waals surface area (Å²) in [5, 5.41) is 3.72. The Labute approximate surface area is 189 Å². The predicted molar refractivity (Wildman–Crippen MR) is 123 cm³/mol. The molecule has 4 rings (SSSR count). The van der Waals surface area contributed by atoms with Gasteiger partial charge in [0.05, 0.1) is 23.3 Å². The number of carbonyl (C=O) groups is 1. The Morgan fingerprint density at radius 2 is 1.97 bits per heavy atom. The van der Waals surface area contributed by atoms with Crippen molar-refractivity contribution in [3.8, 4) is 11.3 Å². The second kappa shape index (κ2) is 8.49. The molecule has 160 valence electrons. The molecule has 1 amide bonds. The third-order valence-electron chi connectivity index (χ3n) is 4.89. The number of nitrogens with one attached hydrogen (secondary N) is 1. The summed E-state index contributed by atoms with van der Waals surface area (Å²) in [4.78, 5) is 21.1. The van der Waals surface area contributed by atoms with E-state index in [4.69, 9.17) is 11.6 Å². The zero-order valence-corrected chi connectivity index (χ0v) is 19.2. The molecule has 0 unspecified atom stereocenters. The quantitative estimate of drug-likeness (QED) is 0.436. The molecular weight excluding hydrogens is 456 g/mol. The fraction of sp³-hybridized carbons (Fsp3) is 0.190. The Bertz CT molecular complexity index is 1280. The maximum Gasteiger partial charge on any atom is 0.268 e. The first kappa shape index (κ1) is 21.6. The Hall–Kier alpha value is -2.62. The molecule has 0 fully saturated rings. The van der Waals surface area contributed by atoms with E-state index in [1.165, 1.54) is 10.5 Å². The molecule has 0 saturated heterocycles. The van der Waals surface area contributed by atoms with Crippen molar-refractivity contribution in [2.75, 3.05) is 21.9 Å². The van der Waals surface area contributed by atoms with Gasteiger partial charge in [0, 0.05) is 22.8 Å². The number of carbonyl (C=O) groups excluding carboxylic acids is 1. The highest BCUT2D eigenvalue weighted by Gasteiger charge is 2.35. The molecule has 7 nitrogen and oxygen atoms in total. The van der Waals surface area contributed by atoms with Crippen LogP contribution in [0.5, 0.6) is 0 Å². The first-order chi connectivity index (χ1) is 14.8. The lowest BCUT2D eigenvalue weighted by Crippen LogP contribution is -2.34. The highest BCUT2D eigenvalue weighted by molar-refractivity contribution is 7.99. The molecule has 0 bridgehead atoms. The number of sulfonamides is 1. The summed E-state index contributed by atoms with van der Waals surface area (Å²) in [5.41, 5.74) is 3.08. The number of nitrogens with zero attached hydrogens (tertiary/aromatic N) is 3. The van der Waals surface area contributed by atoms with E-state index in [2.05, 4.69) is 15.3 Å². The lowest BCUT2D eigenvalue weighted by Gasteiger charge is -2.30. The van der Waals surface area contributed by atoms with E-state index in [1.807, 2.05) is 19.1 Å². The van der Waals surface area contributed by atoms with E-state index >= 15 is 0 Å². The molecule has 1 aliphatic rings. The predicted octanol–water partition coefficient (Wildman–Crippen LogP) is 4.36. The molecule has 1 aromatic heterocycles. The summed E-state index contributed by atoms with van der Waals surface area (Å²) in [6, 6.07) is 12.5. The first-order valence-corrected chi connectivity index (χ1v) is 12.3. The molecule has 10 heteroatoms. The van der Waals surface area contributed by atoms with Crippen molar-refractivity contribution in [1.29, 1.82) is 0 Å². The van der Waals surface area contributed by atoms with E-state index < -0.39 is 10.0 Å². The average Bonchev–Trinajstić information content (AvgIpc) is 2.75. The second-order valence-electron chi connectivity index (χ2n) is 6.80. The number of hydrogen-bond acceptors (Lipinski definition) is 6. The minimum atomic E-state index is -3.74. The molecule has 2 heterocycles. The van der Waals surface area contributed by atoms with Gasteiger partial charge in [-0.05, 0) is 37.6 Å². The zero-order valence-electron chi connectivity index (χ0n) is 16.8. The minimum absolute atomic E-state index is 0.0661. The molecule has 3 aromatic rings. The number of thioether (sulfide) groups is 1.